The second kappa shape index (κ2) is 3.23. The van der Waals surface area contributed by atoms with Crippen molar-refractivity contribution in [3.63, 3.8) is 0 Å². The molecule has 1 N–H and O–H groups in total. The minimum absolute atomic E-state index is 0.0211. The lowest BCUT2D eigenvalue weighted by Crippen LogP contribution is -2.13. The molecule has 0 saturated heterocycles. The highest BCUT2D eigenvalue weighted by atomic mass is 16.1. The van der Waals surface area contributed by atoms with E-state index in [0.717, 1.165) is 22.7 Å². The van der Waals surface area contributed by atoms with Crippen LogP contribution in [0.4, 0.5) is 0 Å². The fourth-order valence-corrected chi connectivity index (χ4v) is 2.12. The predicted molar refractivity (Wildman–Crippen MR) is 64.9 cm³/mol. The van der Waals surface area contributed by atoms with Gasteiger partial charge in [0.15, 0.2) is 0 Å². The largest absolute Gasteiger partial charge is 0.298 e. The Hall–Kier alpha value is -2.03. The van der Waals surface area contributed by atoms with Crippen LogP contribution in [-0.4, -0.2) is 9.61 Å². The van der Waals surface area contributed by atoms with Gasteiger partial charge in [0.05, 0.1) is 5.52 Å². The summed E-state index contributed by atoms with van der Waals surface area (Å²) in [4.78, 5) is 12.1. The molecule has 0 unspecified atom stereocenters. The molecule has 2 heterocycles. The van der Waals surface area contributed by atoms with Gasteiger partial charge in [0, 0.05) is 11.6 Å². The van der Waals surface area contributed by atoms with Gasteiger partial charge in [0.25, 0.3) is 5.56 Å². The van der Waals surface area contributed by atoms with E-state index in [-0.39, 0.29) is 5.56 Å². The number of nitrogens with zero attached hydrogens (tertiary/aromatic N) is 1. The summed E-state index contributed by atoms with van der Waals surface area (Å²) < 4.78 is 1.61. The molecule has 80 valence electrons. The van der Waals surface area contributed by atoms with Gasteiger partial charge in [-0.3, -0.25) is 9.89 Å². The number of aromatic nitrogens is 2. The van der Waals surface area contributed by atoms with Crippen LogP contribution in [-0.2, 0) is 6.42 Å². The Bertz CT molecular complexity index is 721. The zero-order chi connectivity index (χ0) is 11.1. The summed E-state index contributed by atoms with van der Waals surface area (Å²) in [5.74, 6) is 0. The molecule has 0 aliphatic carbocycles. The number of hydrogen-bond donors (Lipinski definition) is 1. The number of aromatic amines is 1. The average Bonchev–Trinajstić information content (AvgIpc) is 2.72. The Morgan fingerprint density at radius 3 is 2.94 bits per heavy atom. The van der Waals surface area contributed by atoms with E-state index in [0.29, 0.717) is 0 Å². The maximum atomic E-state index is 12.1. The lowest BCUT2D eigenvalue weighted by molar-refractivity contribution is 0.931. The van der Waals surface area contributed by atoms with Crippen molar-refractivity contribution in [2.24, 2.45) is 0 Å². The fourth-order valence-electron chi connectivity index (χ4n) is 2.12. The van der Waals surface area contributed by atoms with Crippen LogP contribution in [0.15, 0.2) is 41.3 Å². The summed E-state index contributed by atoms with van der Waals surface area (Å²) in [7, 11) is 0. The molecule has 3 nitrogen and oxygen atoms in total. The minimum Gasteiger partial charge on any atom is -0.298 e. The number of H-pyrrole nitrogens is 1. The van der Waals surface area contributed by atoms with E-state index in [9.17, 15) is 4.79 Å². The highest BCUT2D eigenvalue weighted by molar-refractivity contribution is 5.85. The van der Waals surface area contributed by atoms with Gasteiger partial charge in [-0.25, -0.2) is 4.52 Å². The van der Waals surface area contributed by atoms with Crippen molar-refractivity contribution in [2.45, 2.75) is 13.3 Å². The minimum atomic E-state index is 0.0211. The summed E-state index contributed by atoms with van der Waals surface area (Å²) in [5, 5.41) is 4.76. The second-order valence-electron chi connectivity index (χ2n) is 3.91. The van der Waals surface area contributed by atoms with E-state index >= 15 is 0 Å². The van der Waals surface area contributed by atoms with Crippen LogP contribution >= 0.6 is 0 Å². The van der Waals surface area contributed by atoms with Crippen LogP contribution in [0.1, 0.15) is 12.5 Å². The number of rotatable bonds is 1. The third kappa shape index (κ3) is 1.11. The summed E-state index contributed by atoms with van der Waals surface area (Å²) in [5.41, 5.74) is 2.17. The first kappa shape index (κ1) is 9.21. The van der Waals surface area contributed by atoms with E-state index in [1.807, 2.05) is 30.5 Å². The molecule has 0 saturated carbocycles. The van der Waals surface area contributed by atoms with Crippen LogP contribution in [0.3, 0.4) is 0 Å². The number of hydrogen-bond acceptors (Lipinski definition) is 1. The average molecular weight is 212 g/mol. The molecular weight excluding hydrogens is 200 g/mol. The molecule has 16 heavy (non-hydrogen) atoms. The molecule has 0 bridgehead atoms. The van der Waals surface area contributed by atoms with Crippen molar-refractivity contribution in [2.75, 3.05) is 0 Å². The van der Waals surface area contributed by atoms with Crippen LogP contribution in [0.5, 0.6) is 0 Å². The zero-order valence-corrected chi connectivity index (χ0v) is 9.03. The molecule has 0 aliphatic heterocycles. The number of nitrogens with one attached hydrogen (secondary N) is 1. The first-order chi connectivity index (χ1) is 7.81. The van der Waals surface area contributed by atoms with Crippen molar-refractivity contribution in [3.05, 3.63) is 52.4 Å². The standard InChI is InChI=1S/C13H12N2O/c1-2-9-8-14-15-12(9)7-10-5-3-4-6-11(10)13(15)16/h3-8,14H,2H2,1H3. The summed E-state index contributed by atoms with van der Waals surface area (Å²) >= 11 is 0. The predicted octanol–water partition coefficient (Wildman–Crippen LogP) is 2.34. The molecule has 1 aromatic carbocycles. The molecule has 0 amide bonds. The number of benzene rings is 1. The molecule has 0 spiro atoms. The van der Waals surface area contributed by atoms with Gasteiger partial charge in [-0.05, 0) is 29.5 Å². The van der Waals surface area contributed by atoms with Gasteiger partial charge >= 0.3 is 0 Å². The highest BCUT2D eigenvalue weighted by Crippen LogP contribution is 2.15. The van der Waals surface area contributed by atoms with Crippen molar-refractivity contribution in [3.8, 4) is 0 Å². The van der Waals surface area contributed by atoms with E-state index in [4.69, 9.17) is 0 Å². The number of fused-ring (bicyclic) bond motifs is 2. The van der Waals surface area contributed by atoms with Gasteiger partial charge in [-0.1, -0.05) is 25.1 Å². The molecule has 3 rings (SSSR count). The van der Waals surface area contributed by atoms with E-state index in [1.165, 1.54) is 5.56 Å². The maximum Gasteiger partial charge on any atom is 0.277 e. The first-order valence-corrected chi connectivity index (χ1v) is 5.42. The van der Waals surface area contributed by atoms with Crippen LogP contribution in [0, 0.1) is 0 Å². The van der Waals surface area contributed by atoms with Gasteiger partial charge < -0.3 is 0 Å². The molecule has 3 heteroatoms. The normalized spacial score (nSPS) is 11.3. The lowest BCUT2D eigenvalue weighted by Gasteiger charge is -2.00. The Kier molecular flexibility index (Phi) is 1.86. The SMILES string of the molecule is CCc1c[nH]n2c(=O)c3ccccc3cc12. The van der Waals surface area contributed by atoms with E-state index in [1.54, 1.807) is 4.52 Å². The molecule has 2 aromatic heterocycles. The van der Waals surface area contributed by atoms with Crippen molar-refractivity contribution < 1.29 is 0 Å². The van der Waals surface area contributed by atoms with Crippen LogP contribution in [0.2, 0.25) is 0 Å². The Morgan fingerprint density at radius 1 is 1.31 bits per heavy atom. The summed E-state index contributed by atoms with van der Waals surface area (Å²) in [6.45, 7) is 2.09. The topological polar surface area (TPSA) is 37.3 Å². The smallest absolute Gasteiger partial charge is 0.277 e. The first-order valence-electron chi connectivity index (χ1n) is 5.42. The number of pyridine rings is 1. The third-order valence-corrected chi connectivity index (χ3v) is 3.01. The van der Waals surface area contributed by atoms with Gasteiger partial charge in [0.2, 0.25) is 0 Å². The molecular formula is C13H12N2O. The molecule has 0 fully saturated rings. The monoisotopic (exact) mass is 212 g/mol. The summed E-state index contributed by atoms with van der Waals surface area (Å²) in [6, 6.07) is 9.74. The lowest BCUT2D eigenvalue weighted by atomic mass is 10.1. The van der Waals surface area contributed by atoms with E-state index < -0.39 is 0 Å². The van der Waals surface area contributed by atoms with Gasteiger partial charge in [0.1, 0.15) is 0 Å². The quantitative estimate of drug-likeness (QED) is 0.660. The van der Waals surface area contributed by atoms with Crippen LogP contribution < -0.4 is 5.56 Å². The van der Waals surface area contributed by atoms with Crippen molar-refractivity contribution in [1.82, 2.24) is 9.61 Å². The van der Waals surface area contributed by atoms with Crippen molar-refractivity contribution >= 4 is 16.3 Å². The second-order valence-corrected chi connectivity index (χ2v) is 3.91. The Morgan fingerprint density at radius 2 is 2.12 bits per heavy atom. The fraction of sp³-hybridized carbons (Fsp3) is 0.154. The Balaban J connectivity index is 2.58. The summed E-state index contributed by atoms with van der Waals surface area (Å²) in [6.07, 6.45) is 2.82. The maximum absolute atomic E-state index is 12.1. The van der Waals surface area contributed by atoms with Gasteiger partial charge in [-0.2, -0.15) is 0 Å². The van der Waals surface area contributed by atoms with Crippen molar-refractivity contribution in [1.29, 1.82) is 0 Å². The number of aryl methyl sites for hydroxylation is 1. The molecule has 0 aliphatic rings. The van der Waals surface area contributed by atoms with Gasteiger partial charge in [-0.15, -0.1) is 0 Å². The highest BCUT2D eigenvalue weighted by Gasteiger charge is 2.06. The Labute approximate surface area is 92.3 Å². The molecule has 0 atom stereocenters. The molecule has 3 aromatic rings. The van der Waals surface area contributed by atoms with Crippen LogP contribution in [0.25, 0.3) is 16.3 Å². The zero-order valence-electron chi connectivity index (χ0n) is 9.03. The van der Waals surface area contributed by atoms with E-state index in [2.05, 4.69) is 18.1 Å². The third-order valence-electron chi connectivity index (χ3n) is 3.01. The molecule has 0 radical (unpaired) electrons.